The van der Waals surface area contributed by atoms with Gasteiger partial charge < -0.3 is 4.43 Å². The van der Waals surface area contributed by atoms with Crippen LogP contribution in [0.3, 0.4) is 0 Å². The third-order valence-corrected chi connectivity index (χ3v) is 13.8. The van der Waals surface area contributed by atoms with Gasteiger partial charge in [0.15, 0.2) is 8.32 Å². The standard InChI is InChI=1S/C25H39NO3SSi/c1-19-13-15-21(16-14-19)30(27,28)26-17-23-20(2)11-9-8-10-12-22(23)24(26)18-29-31(6,7)25(3,4)5/h8-9,13-16,22,24H,10-12,17-18H2,1-7H3/b9-8-,23-20-/t22-,24-/m1/s1. The van der Waals surface area contributed by atoms with Crippen molar-refractivity contribution >= 4 is 18.3 Å². The van der Waals surface area contributed by atoms with Crippen molar-refractivity contribution in [3.8, 4) is 0 Å². The molecule has 6 heteroatoms. The second kappa shape index (κ2) is 8.97. The van der Waals surface area contributed by atoms with E-state index in [4.69, 9.17) is 4.43 Å². The Morgan fingerprint density at radius 1 is 1.10 bits per heavy atom. The summed E-state index contributed by atoms with van der Waals surface area (Å²) in [5, 5.41) is 0.0878. The summed E-state index contributed by atoms with van der Waals surface area (Å²) in [6.45, 7) is 16.2. The molecule has 1 aliphatic heterocycles. The molecule has 1 saturated heterocycles. The predicted octanol–water partition coefficient (Wildman–Crippen LogP) is 6.06. The SMILES string of the molecule is C/C1=C2\CN(S(=O)(=O)c3ccc(C)cc3)[C@H](CO[Si](C)(C)C(C)(C)C)[C@@H]2CC/C=C\C1. The quantitative estimate of drug-likeness (QED) is 0.395. The van der Waals surface area contributed by atoms with Crippen LogP contribution in [-0.2, 0) is 14.4 Å². The molecular weight excluding hydrogens is 422 g/mol. The van der Waals surface area contributed by atoms with Gasteiger partial charge in [-0.2, -0.15) is 4.31 Å². The lowest BCUT2D eigenvalue weighted by Gasteiger charge is -2.38. The van der Waals surface area contributed by atoms with Crippen LogP contribution in [0.25, 0.3) is 0 Å². The van der Waals surface area contributed by atoms with Crippen molar-refractivity contribution in [3.05, 3.63) is 53.1 Å². The molecule has 172 valence electrons. The Morgan fingerprint density at radius 2 is 1.74 bits per heavy atom. The highest BCUT2D eigenvalue weighted by Gasteiger charge is 2.46. The zero-order valence-corrected chi connectivity index (χ0v) is 22.1. The van der Waals surface area contributed by atoms with Crippen molar-refractivity contribution in [1.82, 2.24) is 4.31 Å². The number of nitrogens with zero attached hydrogens (tertiary/aromatic N) is 1. The molecule has 0 aromatic heterocycles. The first-order chi connectivity index (χ1) is 14.3. The fourth-order valence-electron chi connectivity index (χ4n) is 4.26. The molecule has 1 fully saturated rings. The summed E-state index contributed by atoms with van der Waals surface area (Å²) in [6, 6.07) is 7.07. The molecule has 1 aromatic carbocycles. The van der Waals surface area contributed by atoms with Gasteiger partial charge in [0, 0.05) is 12.5 Å². The van der Waals surface area contributed by atoms with Crippen LogP contribution in [0.15, 0.2) is 52.5 Å². The van der Waals surface area contributed by atoms with Crippen molar-refractivity contribution in [2.24, 2.45) is 5.92 Å². The fourth-order valence-corrected chi connectivity index (χ4v) is 6.90. The summed E-state index contributed by atoms with van der Waals surface area (Å²) in [6.07, 6.45) is 7.31. The first-order valence-corrected chi connectivity index (χ1v) is 15.8. The first-order valence-electron chi connectivity index (χ1n) is 11.4. The summed E-state index contributed by atoms with van der Waals surface area (Å²) in [4.78, 5) is 0.376. The van der Waals surface area contributed by atoms with Crippen LogP contribution in [0, 0.1) is 12.8 Å². The molecule has 2 atom stereocenters. The lowest BCUT2D eigenvalue weighted by atomic mass is 9.86. The smallest absolute Gasteiger partial charge is 0.243 e. The summed E-state index contributed by atoms with van der Waals surface area (Å²) >= 11 is 0. The number of hydrogen-bond donors (Lipinski definition) is 0. The molecule has 0 unspecified atom stereocenters. The third-order valence-electron chi connectivity index (χ3n) is 7.44. The number of allylic oxidation sites excluding steroid dienone is 3. The highest BCUT2D eigenvalue weighted by atomic mass is 32.2. The zero-order chi connectivity index (χ0) is 23.0. The lowest BCUT2D eigenvalue weighted by molar-refractivity contribution is 0.188. The van der Waals surface area contributed by atoms with Gasteiger partial charge in [-0.25, -0.2) is 8.42 Å². The van der Waals surface area contributed by atoms with Gasteiger partial charge in [-0.15, -0.1) is 0 Å². The maximum absolute atomic E-state index is 13.7. The van der Waals surface area contributed by atoms with Crippen LogP contribution in [0.5, 0.6) is 0 Å². The maximum Gasteiger partial charge on any atom is 0.243 e. The zero-order valence-electron chi connectivity index (χ0n) is 20.2. The topological polar surface area (TPSA) is 46.6 Å². The van der Waals surface area contributed by atoms with E-state index >= 15 is 0 Å². The molecule has 3 rings (SSSR count). The van der Waals surface area contributed by atoms with Gasteiger partial charge in [-0.3, -0.25) is 0 Å². The van der Waals surface area contributed by atoms with E-state index in [1.807, 2.05) is 19.1 Å². The van der Waals surface area contributed by atoms with Gasteiger partial charge in [-0.1, -0.05) is 61.8 Å². The Kier molecular flexibility index (Phi) is 7.07. The number of rotatable bonds is 5. The number of fused-ring (bicyclic) bond motifs is 1. The molecule has 2 aliphatic rings. The largest absolute Gasteiger partial charge is 0.415 e. The number of sulfonamides is 1. The van der Waals surface area contributed by atoms with Crippen molar-refractivity contribution in [3.63, 3.8) is 0 Å². The van der Waals surface area contributed by atoms with Crippen LogP contribution in [0.1, 0.15) is 52.5 Å². The normalized spacial score (nSPS) is 26.9. The Labute approximate surface area is 190 Å². The summed E-state index contributed by atoms with van der Waals surface area (Å²) in [7, 11) is -5.59. The molecule has 0 spiro atoms. The van der Waals surface area contributed by atoms with Crippen LogP contribution in [0.2, 0.25) is 18.1 Å². The van der Waals surface area contributed by atoms with Gasteiger partial charge in [0.05, 0.1) is 17.5 Å². The van der Waals surface area contributed by atoms with E-state index in [9.17, 15) is 8.42 Å². The van der Waals surface area contributed by atoms with Crippen molar-refractivity contribution in [2.75, 3.05) is 13.2 Å². The van der Waals surface area contributed by atoms with Gasteiger partial charge in [0.2, 0.25) is 10.0 Å². The second-order valence-corrected chi connectivity index (χ2v) is 17.4. The molecule has 1 aliphatic carbocycles. The highest BCUT2D eigenvalue weighted by molar-refractivity contribution is 7.89. The number of hydrogen-bond acceptors (Lipinski definition) is 3. The molecule has 31 heavy (non-hydrogen) atoms. The van der Waals surface area contributed by atoms with Gasteiger partial charge >= 0.3 is 0 Å². The molecule has 0 N–H and O–H groups in total. The first kappa shape index (κ1) is 24.4. The van der Waals surface area contributed by atoms with E-state index in [-0.39, 0.29) is 17.0 Å². The van der Waals surface area contributed by atoms with E-state index in [0.29, 0.717) is 18.0 Å². The van der Waals surface area contributed by atoms with E-state index in [0.717, 1.165) is 24.8 Å². The molecule has 1 aromatic rings. The molecule has 0 amide bonds. The van der Waals surface area contributed by atoms with E-state index in [1.165, 1.54) is 11.1 Å². The van der Waals surface area contributed by atoms with Crippen LogP contribution in [0.4, 0.5) is 0 Å². The molecule has 0 radical (unpaired) electrons. The summed E-state index contributed by atoms with van der Waals surface area (Å²) in [5.74, 6) is 0.218. The Morgan fingerprint density at radius 3 is 2.35 bits per heavy atom. The molecule has 1 heterocycles. The predicted molar refractivity (Wildman–Crippen MR) is 131 cm³/mol. The Bertz CT molecular complexity index is 955. The second-order valence-electron chi connectivity index (χ2n) is 10.7. The van der Waals surface area contributed by atoms with Crippen molar-refractivity contribution < 1.29 is 12.8 Å². The van der Waals surface area contributed by atoms with E-state index in [1.54, 1.807) is 16.4 Å². The van der Waals surface area contributed by atoms with E-state index < -0.39 is 18.3 Å². The molecular formula is C25H39NO3SSi. The van der Waals surface area contributed by atoms with Crippen LogP contribution in [-0.4, -0.2) is 40.2 Å². The third kappa shape index (κ3) is 5.08. The van der Waals surface area contributed by atoms with Crippen LogP contribution < -0.4 is 0 Å². The van der Waals surface area contributed by atoms with Crippen molar-refractivity contribution in [2.45, 2.75) is 83.0 Å². The van der Waals surface area contributed by atoms with E-state index in [2.05, 4.69) is 52.9 Å². The lowest BCUT2D eigenvalue weighted by Crippen LogP contribution is -2.47. The molecule has 4 nitrogen and oxygen atoms in total. The molecule has 0 saturated carbocycles. The minimum atomic E-state index is -3.60. The molecule has 0 bridgehead atoms. The number of aryl methyl sites for hydroxylation is 1. The maximum atomic E-state index is 13.7. The van der Waals surface area contributed by atoms with Gasteiger partial charge in [-0.05, 0) is 63.4 Å². The van der Waals surface area contributed by atoms with Gasteiger partial charge in [0.1, 0.15) is 0 Å². The number of benzene rings is 1. The van der Waals surface area contributed by atoms with Crippen molar-refractivity contribution in [1.29, 1.82) is 0 Å². The Balaban J connectivity index is 2.00. The monoisotopic (exact) mass is 461 g/mol. The average molecular weight is 462 g/mol. The average Bonchev–Trinajstić information content (AvgIpc) is 3.02. The minimum Gasteiger partial charge on any atom is -0.415 e. The fraction of sp³-hybridized carbons (Fsp3) is 0.600. The summed E-state index contributed by atoms with van der Waals surface area (Å²) < 4.78 is 35.8. The highest BCUT2D eigenvalue weighted by Crippen LogP contribution is 2.42. The van der Waals surface area contributed by atoms with Crippen LogP contribution >= 0.6 is 0 Å². The summed E-state index contributed by atoms with van der Waals surface area (Å²) in [5.41, 5.74) is 3.66. The van der Waals surface area contributed by atoms with Gasteiger partial charge in [0.25, 0.3) is 0 Å². The minimum absolute atomic E-state index is 0.0878. The Hall–Kier alpha value is -1.21.